The van der Waals surface area contributed by atoms with Crippen LogP contribution >= 0.6 is 0 Å². The van der Waals surface area contributed by atoms with Crippen LogP contribution in [0.5, 0.6) is 5.75 Å². The van der Waals surface area contributed by atoms with Crippen LogP contribution < -0.4 is 10.1 Å². The standard InChI is InChI=1S/C20H26N2O/c1-17-3-5-18(6-4-17)19-7-9-20(10-8-19)23-16-2-13-22-14-11-21-12-15-22/h3-10,21H,2,11-16H2,1H3. The van der Waals surface area contributed by atoms with E-state index >= 15 is 0 Å². The van der Waals surface area contributed by atoms with Gasteiger partial charge in [0, 0.05) is 32.7 Å². The molecule has 23 heavy (non-hydrogen) atoms. The van der Waals surface area contributed by atoms with Crippen molar-refractivity contribution < 1.29 is 4.74 Å². The van der Waals surface area contributed by atoms with Crippen LogP contribution in [0, 0.1) is 6.92 Å². The molecule has 0 amide bonds. The van der Waals surface area contributed by atoms with E-state index < -0.39 is 0 Å². The van der Waals surface area contributed by atoms with E-state index in [1.54, 1.807) is 0 Å². The van der Waals surface area contributed by atoms with E-state index in [2.05, 4.69) is 65.7 Å². The summed E-state index contributed by atoms with van der Waals surface area (Å²) in [5.41, 5.74) is 3.78. The van der Waals surface area contributed by atoms with Gasteiger partial charge in [-0.05, 0) is 36.6 Å². The minimum atomic E-state index is 0.786. The third kappa shape index (κ3) is 4.81. The van der Waals surface area contributed by atoms with Gasteiger partial charge in [-0.15, -0.1) is 0 Å². The summed E-state index contributed by atoms with van der Waals surface area (Å²) in [5.74, 6) is 0.959. The summed E-state index contributed by atoms with van der Waals surface area (Å²) in [6.45, 7) is 8.57. The van der Waals surface area contributed by atoms with Gasteiger partial charge in [-0.2, -0.15) is 0 Å². The Morgan fingerprint density at radius 3 is 2.17 bits per heavy atom. The molecule has 1 N–H and O–H groups in total. The lowest BCUT2D eigenvalue weighted by atomic mass is 10.0. The van der Waals surface area contributed by atoms with Crippen molar-refractivity contribution in [3.05, 3.63) is 54.1 Å². The van der Waals surface area contributed by atoms with Gasteiger partial charge >= 0.3 is 0 Å². The van der Waals surface area contributed by atoms with Crippen LogP contribution in [-0.2, 0) is 0 Å². The Balaban J connectivity index is 1.45. The fraction of sp³-hybridized carbons (Fsp3) is 0.400. The number of rotatable bonds is 6. The van der Waals surface area contributed by atoms with Crippen LogP contribution in [0.15, 0.2) is 48.5 Å². The number of nitrogens with one attached hydrogen (secondary N) is 1. The summed E-state index contributed by atoms with van der Waals surface area (Å²) >= 11 is 0. The number of benzene rings is 2. The van der Waals surface area contributed by atoms with Gasteiger partial charge in [0.1, 0.15) is 5.75 Å². The predicted molar refractivity (Wildman–Crippen MR) is 96.0 cm³/mol. The van der Waals surface area contributed by atoms with Gasteiger partial charge in [0.15, 0.2) is 0 Å². The Morgan fingerprint density at radius 2 is 1.52 bits per heavy atom. The van der Waals surface area contributed by atoms with Crippen molar-refractivity contribution >= 4 is 0 Å². The molecule has 3 rings (SSSR count). The quantitative estimate of drug-likeness (QED) is 0.828. The molecule has 122 valence electrons. The minimum Gasteiger partial charge on any atom is -0.494 e. The van der Waals surface area contributed by atoms with Gasteiger partial charge in [-0.25, -0.2) is 0 Å². The number of aryl methyl sites for hydroxylation is 1. The smallest absolute Gasteiger partial charge is 0.119 e. The Morgan fingerprint density at radius 1 is 0.913 bits per heavy atom. The normalized spacial score (nSPS) is 15.5. The zero-order valence-corrected chi connectivity index (χ0v) is 13.9. The van der Waals surface area contributed by atoms with Crippen molar-refractivity contribution in [3.63, 3.8) is 0 Å². The summed E-state index contributed by atoms with van der Waals surface area (Å²) in [6.07, 6.45) is 1.08. The Hall–Kier alpha value is -1.84. The molecule has 0 bridgehead atoms. The lowest BCUT2D eigenvalue weighted by Crippen LogP contribution is -2.43. The van der Waals surface area contributed by atoms with Crippen molar-refractivity contribution in [3.8, 4) is 16.9 Å². The minimum absolute atomic E-state index is 0.786. The maximum absolute atomic E-state index is 5.86. The topological polar surface area (TPSA) is 24.5 Å². The number of hydrogen-bond donors (Lipinski definition) is 1. The SMILES string of the molecule is Cc1ccc(-c2ccc(OCCCN3CCNCC3)cc2)cc1. The summed E-state index contributed by atoms with van der Waals surface area (Å²) < 4.78 is 5.86. The number of piperazine rings is 1. The first kappa shape index (κ1) is 16.0. The second-order valence-corrected chi connectivity index (χ2v) is 6.18. The highest BCUT2D eigenvalue weighted by atomic mass is 16.5. The van der Waals surface area contributed by atoms with Gasteiger partial charge in [-0.3, -0.25) is 0 Å². The number of hydrogen-bond acceptors (Lipinski definition) is 3. The van der Waals surface area contributed by atoms with E-state index in [0.717, 1.165) is 51.5 Å². The molecule has 0 spiro atoms. The Bertz CT molecular complexity index is 586. The highest BCUT2D eigenvalue weighted by Gasteiger charge is 2.08. The predicted octanol–water partition coefficient (Wildman–Crippen LogP) is 3.34. The molecule has 2 aromatic rings. The maximum atomic E-state index is 5.86. The van der Waals surface area contributed by atoms with E-state index in [-0.39, 0.29) is 0 Å². The van der Waals surface area contributed by atoms with Gasteiger partial charge in [0.2, 0.25) is 0 Å². The molecule has 0 unspecified atom stereocenters. The van der Waals surface area contributed by atoms with E-state index in [1.165, 1.54) is 16.7 Å². The third-order valence-corrected chi connectivity index (χ3v) is 4.34. The molecule has 1 saturated heterocycles. The highest BCUT2D eigenvalue weighted by molar-refractivity contribution is 5.64. The first-order valence-corrected chi connectivity index (χ1v) is 8.54. The number of ether oxygens (including phenoxy) is 1. The summed E-state index contributed by atoms with van der Waals surface area (Å²) in [6, 6.07) is 17.0. The first-order valence-electron chi connectivity index (χ1n) is 8.54. The van der Waals surface area contributed by atoms with E-state index in [4.69, 9.17) is 4.74 Å². The first-order chi connectivity index (χ1) is 11.3. The molecule has 3 heteroatoms. The summed E-state index contributed by atoms with van der Waals surface area (Å²) in [5, 5.41) is 3.38. The molecular formula is C20H26N2O. The van der Waals surface area contributed by atoms with Crippen LogP contribution in [0.1, 0.15) is 12.0 Å². The van der Waals surface area contributed by atoms with E-state index in [0.29, 0.717) is 0 Å². The molecule has 0 atom stereocenters. The van der Waals surface area contributed by atoms with Crippen LogP contribution in [0.4, 0.5) is 0 Å². The zero-order chi connectivity index (χ0) is 15.9. The molecule has 1 heterocycles. The summed E-state index contributed by atoms with van der Waals surface area (Å²) in [4.78, 5) is 2.50. The fourth-order valence-corrected chi connectivity index (χ4v) is 2.90. The largest absolute Gasteiger partial charge is 0.494 e. The molecule has 1 aliphatic rings. The molecular weight excluding hydrogens is 284 g/mol. The average molecular weight is 310 g/mol. The van der Waals surface area contributed by atoms with Gasteiger partial charge in [0.05, 0.1) is 6.61 Å². The average Bonchev–Trinajstić information content (AvgIpc) is 2.61. The summed E-state index contributed by atoms with van der Waals surface area (Å²) in [7, 11) is 0. The Kier molecular flexibility index (Phi) is 5.67. The molecule has 0 aliphatic carbocycles. The van der Waals surface area contributed by atoms with Crippen LogP contribution in [0.2, 0.25) is 0 Å². The second-order valence-electron chi connectivity index (χ2n) is 6.18. The van der Waals surface area contributed by atoms with Crippen LogP contribution in [0.25, 0.3) is 11.1 Å². The molecule has 0 aromatic heterocycles. The van der Waals surface area contributed by atoms with E-state index in [1.807, 2.05) is 0 Å². The second kappa shape index (κ2) is 8.14. The van der Waals surface area contributed by atoms with Gasteiger partial charge in [0.25, 0.3) is 0 Å². The van der Waals surface area contributed by atoms with E-state index in [9.17, 15) is 0 Å². The maximum Gasteiger partial charge on any atom is 0.119 e. The molecule has 1 fully saturated rings. The fourth-order valence-electron chi connectivity index (χ4n) is 2.90. The third-order valence-electron chi connectivity index (χ3n) is 4.34. The van der Waals surface area contributed by atoms with Crippen molar-refractivity contribution in [2.75, 3.05) is 39.3 Å². The molecule has 0 saturated carbocycles. The van der Waals surface area contributed by atoms with Gasteiger partial charge < -0.3 is 15.0 Å². The van der Waals surface area contributed by atoms with Crippen molar-refractivity contribution in [2.24, 2.45) is 0 Å². The monoisotopic (exact) mass is 310 g/mol. The van der Waals surface area contributed by atoms with Crippen molar-refractivity contribution in [2.45, 2.75) is 13.3 Å². The lowest BCUT2D eigenvalue weighted by molar-refractivity contribution is 0.214. The van der Waals surface area contributed by atoms with Crippen molar-refractivity contribution in [1.82, 2.24) is 10.2 Å². The van der Waals surface area contributed by atoms with Gasteiger partial charge in [-0.1, -0.05) is 42.0 Å². The van der Waals surface area contributed by atoms with Crippen molar-refractivity contribution in [1.29, 1.82) is 0 Å². The molecule has 2 aromatic carbocycles. The molecule has 1 aliphatic heterocycles. The highest BCUT2D eigenvalue weighted by Crippen LogP contribution is 2.22. The Labute approximate surface area is 139 Å². The van der Waals surface area contributed by atoms with Crippen LogP contribution in [-0.4, -0.2) is 44.2 Å². The van der Waals surface area contributed by atoms with Crippen LogP contribution in [0.3, 0.4) is 0 Å². The molecule has 0 radical (unpaired) electrons. The lowest BCUT2D eigenvalue weighted by Gasteiger charge is -2.26. The molecule has 3 nitrogen and oxygen atoms in total. The number of nitrogens with zero attached hydrogens (tertiary/aromatic N) is 1. The zero-order valence-electron chi connectivity index (χ0n) is 13.9.